The molecule has 0 aromatic rings. The van der Waals surface area contributed by atoms with Crippen molar-refractivity contribution < 1.29 is 14.3 Å². The molecule has 0 atom stereocenters. The zero-order valence-electron chi connectivity index (χ0n) is 5.02. The lowest BCUT2D eigenvalue weighted by molar-refractivity contribution is -0.152. The first-order valence-corrected chi connectivity index (χ1v) is 4.00. The summed E-state index contributed by atoms with van der Waals surface area (Å²) in [6, 6.07) is 0. The van der Waals surface area contributed by atoms with Gasteiger partial charge in [-0.3, -0.25) is 4.79 Å². The molecule has 0 unspecified atom stereocenters. The molecule has 3 nitrogen and oxygen atoms in total. The maximum absolute atomic E-state index is 10.4. The number of halogens is 1. The van der Waals surface area contributed by atoms with Gasteiger partial charge < -0.3 is 4.74 Å². The molecule has 0 aromatic carbocycles. The van der Waals surface area contributed by atoms with E-state index in [1.165, 1.54) is 0 Å². The fraction of sp³-hybridized carbons (Fsp3) is 0.600. The summed E-state index contributed by atoms with van der Waals surface area (Å²) in [5.74, 6) is -1.20. The number of carbonyl (C=O) groups excluding carboxylic acids is 2. The summed E-state index contributed by atoms with van der Waals surface area (Å²) in [6.45, 7) is 1.93. The Labute approximate surface area is 66.9 Å². The fourth-order valence-corrected chi connectivity index (χ4v) is 0.578. The molecular formula is C5H7IO3. The summed E-state index contributed by atoms with van der Waals surface area (Å²) in [4.78, 5) is 20.8. The van der Waals surface area contributed by atoms with Crippen LogP contribution in [-0.2, 0) is 14.3 Å². The van der Waals surface area contributed by atoms with E-state index in [9.17, 15) is 9.59 Å². The Bertz CT molecular complexity index is 121. The Balaban J connectivity index is 3.60. The number of hydrogen-bond donors (Lipinski definition) is 0. The van der Waals surface area contributed by atoms with E-state index in [1.54, 1.807) is 6.92 Å². The van der Waals surface area contributed by atoms with E-state index in [0.717, 1.165) is 0 Å². The van der Waals surface area contributed by atoms with Crippen molar-refractivity contribution in [1.82, 2.24) is 0 Å². The highest BCUT2D eigenvalue weighted by molar-refractivity contribution is 14.1. The van der Waals surface area contributed by atoms with Crippen molar-refractivity contribution in [3.63, 3.8) is 0 Å². The zero-order valence-corrected chi connectivity index (χ0v) is 7.17. The Morgan fingerprint density at radius 2 is 2.11 bits per heavy atom. The molecule has 0 rings (SSSR count). The lowest BCUT2D eigenvalue weighted by atomic mass is 10.5. The quantitative estimate of drug-likeness (QED) is 0.314. The van der Waals surface area contributed by atoms with Gasteiger partial charge in [-0.1, -0.05) is 22.6 Å². The van der Waals surface area contributed by atoms with Crippen molar-refractivity contribution >= 4 is 34.3 Å². The van der Waals surface area contributed by atoms with Crippen LogP contribution in [0.4, 0.5) is 0 Å². The van der Waals surface area contributed by atoms with E-state index in [1.807, 2.05) is 22.6 Å². The molecule has 0 fully saturated rings. The minimum Gasteiger partial charge on any atom is -0.460 e. The molecule has 9 heavy (non-hydrogen) atoms. The van der Waals surface area contributed by atoms with E-state index >= 15 is 0 Å². The molecule has 52 valence electrons. The van der Waals surface area contributed by atoms with Gasteiger partial charge in [-0.25, -0.2) is 4.79 Å². The summed E-state index contributed by atoms with van der Waals surface area (Å²) in [6.07, 6.45) is 0. The monoisotopic (exact) mass is 242 g/mol. The van der Waals surface area contributed by atoms with E-state index in [2.05, 4.69) is 4.74 Å². The van der Waals surface area contributed by atoms with E-state index in [-0.39, 0.29) is 11.0 Å². The van der Waals surface area contributed by atoms with Crippen molar-refractivity contribution in [3.05, 3.63) is 0 Å². The minimum atomic E-state index is -0.730. The number of alkyl halides is 1. The lowest BCUT2D eigenvalue weighted by Crippen LogP contribution is -2.17. The van der Waals surface area contributed by atoms with Crippen molar-refractivity contribution in [2.45, 2.75) is 6.92 Å². The maximum Gasteiger partial charge on any atom is 0.375 e. The lowest BCUT2D eigenvalue weighted by Gasteiger charge is -1.95. The van der Waals surface area contributed by atoms with Gasteiger partial charge in [0.1, 0.15) is 0 Å². The first-order valence-electron chi connectivity index (χ1n) is 2.48. The molecule has 0 heterocycles. The number of esters is 1. The first kappa shape index (κ1) is 8.87. The molecular weight excluding hydrogens is 235 g/mol. The highest BCUT2D eigenvalue weighted by atomic mass is 127. The van der Waals surface area contributed by atoms with Crippen LogP contribution in [-0.4, -0.2) is 22.8 Å². The number of rotatable bonds is 3. The summed E-state index contributed by atoms with van der Waals surface area (Å²) in [5, 5.41) is 0. The average Bonchev–Trinajstić information content (AvgIpc) is 1.87. The first-order chi connectivity index (χ1) is 4.22. The van der Waals surface area contributed by atoms with Gasteiger partial charge in [0.05, 0.1) is 11.0 Å². The van der Waals surface area contributed by atoms with Gasteiger partial charge in [0, 0.05) is 0 Å². The number of Topliss-reactive ketones (excluding diaryl/α,β-unsaturated/α-hetero) is 1. The van der Waals surface area contributed by atoms with Crippen LogP contribution in [0.2, 0.25) is 0 Å². The van der Waals surface area contributed by atoms with Crippen molar-refractivity contribution in [3.8, 4) is 0 Å². The molecule has 0 aliphatic carbocycles. The van der Waals surface area contributed by atoms with Crippen LogP contribution in [0, 0.1) is 0 Å². The van der Waals surface area contributed by atoms with Gasteiger partial charge in [-0.15, -0.1) is 0 Å². The molecule has 0 radical (unpaired) electrons. The van der Waals surface area contributed by atoms with Gasteiger partial charge >= 0.3 is 5.97 Å². The molecule has 0 bridgehead atoms. The third-order valence-corrected chi connectivity index (χ3v) is 1.32. The van der Waals surface area contributed by atoms with Gasteiger partial charge in [0.2, 0.25) is 5.78 Å². The van der Waals surface area contributed by atoms with Crippen molar-refractivity contribution in [1.29, 1.82) is 0 Å². The Hall–Kier alpha value is -0.130. The topological polar surface area (TPSA) is 43.4 Å². The van der Waals surface area contributed by atoms with Gasteiger partial charge in [0.25, 0.3) is 0 Å². The number of ketones is 1. The van der Waals surface area contributed by atoms with Crippen molar-refractivity contribution in [2.75, 3.05) is 11.0 Å². The fourth-order valence-electron chi connectivity index (χ4n) is 0.266. The average molecular weight is 242 g/mol. The third-order valence-electron chi connectivity index (χ3n) is 0.624. The smallest absolute Gasteiger partial charge is 0.375 e. The summed E-state index contributed by atoms with van der Waals surface area (Å²) < 4.78 is 4.59. The van der Waals surface area contributed by atoms with Crippen LogP contribution >= 0.6 is 22.6 Å². The largest absolute Gasteiger partial charge is 0.460 e. The summed E-state index contributed by atoms with van der Waals surface area (Å²) in [5.41, 5.74) is 0. The highest BCUT2D eigenvalue weighted by Gasteiger charge is 2.11. The summed E-state index contributed by atoms with van der Waals surface area (Å²) >= 11 is 1.82. The van der Waals surface area contributed by atoms with E-state index in [4.69, 9.17) is 0 Å². The Kier molecular flexibility index (Phi) is 4.65. The van der Waals surface area contributed by atoms with Crippen LogP contribution in [0.5, 0.6) is 0 Å². The molecule has 0 N–H and O–H groups in total. The third kappa shape index (κ3) is 3.45. The van der Waals surface area contributed by atoms with Crippen LogP contribution in [0.25, 0.3) is 0 Å². The molecule has 0 spiro atoms. The second-order valence-electron chi connectivity index (χ2n) is 1.28. The SMILES string of the molecule is CCOC(=O)C(=O)CI. The molecule has 0 aliphatic rings. The van der Waals surface area contributed by atoms with Crippen LogP contribution in [0.1, 0.15) is 6.92 Å². The van der Waals surface area contributed by atoms with Gasteiger partial charge in [-0.2, -0.15) is 0 Å². The standard InChI is InChI=1S/C5H7IO3/c1-2-9-5(8)4(7)3-6/h2-3H2,1H3. The molecule has 0 saturated carbocycles. The number of ether oxygens (including phenoxy) is 1. The molecule has 0 aliphatic heterocycles. The highest BCUT2D eigenvalue weighted by Crippen LogP contribution is 1.86. The second-order valence-corrected chi connectivity index (χ2v) is 2.04. The minimum absolute atomic E-state index is 0.191. The van der Waals surface area contributed by atoms with E-state index in [0.29, 0.717) is 0 Å². The number of carbonyl (C=O) groups is 2. The Morgan fingerprint density at radius 1 is 1.56 bits per heavy atom. The van der Waals surface area contributed by atoms with Crippen LogP contribution in [0.3, 0.4) is 0 Å². The molecule has 0 aromatic heterocycles. The summed E-state index contributed by atoms with van der Waals surface area (Å²) in [7, 11) is 0. The van der Waals surface area contributed by atoms with Gasteiger partial charge in [-0.05, 0) is 6.92 Å². The molecule has 0 saturated heterocycles. The second kappa shape index (κ2) is 4.72. The normalized spacial score (nSPS) is 8.67. The molecule has 4 heteroatoms. The predicted molar refractivity (Wildman–Crippen MR) is 40.5 cm³/mol. The number of hydrogen-bond acceptors (Lipinski definition) is 3. The van der Waals surface area contributed by atoms with E-state index < -0.39 is 11.8 Å². The van der Waals surface area contributed by atoms with Crippen molar-refractivity contribution in [2.24, 2.45) is 0 Å². The van der Waals surface area contributed by atoms with Crippen LogP contribution < -0.4 is 0 Å². The zero-order chi connectivity index (χ0) is 7.28. The molecule has 0 amide bonds. The maximum atomic E-state index is 10.4. The predicted octanol–water partition coefficient (Wildman–Crippen LogP) is 0.554. The van der Waals surface area contributed by atoms with Gasteiger partial charge in [0.15, 0.2) is 0 Å². The van der Waals surface area contributed by atoms with Crippen LogP contribution in [0.15, 0.2) is 0 Å². The Morgan fingerprint density at radius 3 is 2.44 bits per heavy atom.